The van der Waals surface area contributed by atoms with Crippen molar-refractivity contribution in [1.82, 2.24) is 9.78 Å². The van der Waals surface area contributed by atoms with E-state index in [0.29, 0.717) is 12.2 Å². The highest BCUT2D eigenvalue weighted by Crippen LogP contribution is 2.29. The Hall–Kier alpha value is -3.08. The smallest absolute Gasteiger partial charge is 0.266 e. The summed E-state index contributed by atoms with van der Waals surface area (Å²) in [5, 5.41) is 7.34. The molecule has 1 aliphatic rings. The summed E-state index contributed by atoms with van der Waals surface area (Å²) >= 11 is 0. The van der Waals surface area contributed by atoms with Gasteiger partial charge < -0.3 is 10.1 Å². The van der Waals surface area contributed by atoms with Gasteiger partial charge in [0.2, 0.25) is 0 Å². The number of nitrogens with one attached hydrogen (secondary N) is 1. The summed E-state index contributed by atoms with van der Waals surface area (Å²) in [7, 11) is 0. The number of fused-ring (bicyclic) bond motifs is 1. The molecule has 5 heteroatoms. The Kier molecular flexibility index (Phi) is 3.54. The minimum Gasteiger partial charge on any atom is -0.480 e. The van der Waals surface area contributed by atoms with E-state index in [4.69, 9.17) is 4.74 Å². The Morgan fingerprint density at radius 2 is 1.92 bits per heavy atom. The van der Waals surface area contributed by atoms with Crippen molar-refractivity contribution >= 4 is 11.7 Å². The van der Waals surface area contributed by atoms with Crippen molar-refractivity contribution in [3.63, 3.8) is 0 Å². The fraction of sp³-hybridized carbons (Fsp3) is 0.158. The molecular formula is C19H17N3O2. The topological polar surface area (TPSA) is 56.2 Å². The Bertz CT molecular complexity index is 862. The fourth-order valence-corrected chi connectivity index (χ4v) is 2.87. The molecule has 2 aromatic carbocycles. The molecule has 24 heavy (non-hydrogen) atoms. The van der Waals surface area contributed by atoms with Gasteiger partial charge in [0.25, 0.3) is 5.91 Å². The van der Waals surface area contributed by atoms with Crippen LogP contribution < -0.4 is 10.1 Å². The van der Waals surface area contributed by atoms with E-state index in [1.165, 1.54) is 0 Å². The maximum absolute atomic E-state index is 12.6. The second-order valence-corrected chi connectivity index (χ2v) is 5.83. The molecule has 1 amide bonds. The fourth-order valence-electron chi connectivity index (χ4n) is 2.87. The summed E-state index contributed by atoms with van der Waals surface area (Å²) in [6, 6.07) is 17.5. The van der Waals surface area contributed by atoms with Crippen molar-refractivity contribution < 1.29 is 9.53 Å². The number of carbonyl (C=O) groups is 1. The van der Waals surface area contributed by atoms with Crippen LogP contribution in [0.5, 0.6) is 5.75 Å². The van der Waals surface area contributed by atoms with E-state index >= 15 is 0 Å². The van der Waals surface area contributed by atoms with Gasteiger partial charge in [-0.1, -0.05) is 36.4 Å². The Labute approximate surface area is 139 Å². The first-order valence-electron chi connectivity index (χ1n) is 7.88. The molecule has 0 bridgehead atoms. The standard InChI is InChI=1S/C19H17N3O2/c1-13-12-20-22(15-8-3-2-4-9-15)18(13)21-19(23)17-11-14-7-5-6-10-16(14)24-17/h2-10,12,17H,11H2,1H3,(H,21,23)/t17-/m0/s1. The van der Waals surface area contributed by atoms with Gasteiger partial charge in [-0.3, -0.25) is 4.79 Å². The van der Waals surface area contributed by atoms with Gasteiger partial charge in [0.15, 0.2) is 6.10 Å². The van der Waals surface area contributed by atoms with E-state index < -0.39 is 6.10 Å². The number of ether oxygens (including phenoxy) is 1. The van der Waals surface area contributed by atoms with Crippen molar-refractivity contribution in [1.29, 1.82) is 0 Å². The third kappa shape index (κ3) is 2.54. The predicted octanol–water partition coefficient (Wildman–Crippen LogP) is 3.12. The summed E-state index contributed by atoms with van der Waals surface area (Å²) in [6.45, 7) is 1.92. The van der Waals surface area contributed by atoms with Crippen LogP contribution in [-0.2, 0) is 11.2 Å². The van der Waals surface area contributed by atoms with Crippen molar-refractivity contribution in [2.45, 2.75) is 19.4 Å². The van der Waals surface area contributed by atoms with Crippen molar-refractivity contribution in [3.05, 3.63) is 71.9 Å². The lowest BCUT2D eigenvalue weighted by Gasteiger charge is -2.13. The van der Waals surface area contributed by atoms with Gasteiger partial charge in [0, 0.05) is 12.0 Å². The molecule has 3 aromatic rings. The maximum atomic E-state index is 12.6. The van der Waals surface area contributed by atoms with Crippen molar-refractivity contribution in [2.75, 3.05) is 5.32 Å². The Balaban J connectivity index is 1.57. The van der Waals surface area contributed by atoms with Crippen LogP contribution in [0.1, 0.15) is 11.1 Å². The summed E-state index contributed by atoms with van der Waals surface area (Å²) in [5.41, 5.74) is 2.87. The van der Waals surface area contributed by atoms with Crippen LogP contribution in [0.4, 0.5) is 5.82 Å². The van der Waals surface area contributed by atoms with Crippen LogP contribution in [0, 0.1) is 6.92 Å². The molecule has 0 saturated heterocycles. The Morgan fingerprint density at radius 1 is 1.17 bits per heavy atom. The molecule has 1 N–H and O–H groups in total. The minimum absolute atomic E-state index is 0.160. The zero-order chi connectivity index (χ0) is 16.5. The summed E-state index contributed by atoms with van der Waals surface area (Å²) in [4.78, 5) is 12.6. The average molecular weight is 319 g/mol. The number of carbonyl (C=O) groups excluding carboxylic acids is 1. The lowest BCUT2D eigenvalue weighted by atomic mass is 10.1. The highest BCUT2D eigenvalue weighted by Gasteiger charge is 2.29. The quantitative estimate of drug-likeness (QED) is 0.807. The van der Waals surface area contributed by atoms with E-state index in [0.717, 1.165) is 22.6 Å². The van der Waals surface area contributed by atoms with E-state index in [-0.39, 0.29) is 5.91 Å². The van der Waals surface area contributed by atoms with Crippen molar-refractivity contribution in [2.24, 2.45) is 0 Å². The zero-order valence-corrected chi connectivity index (χ0v) is 13.3. The normalized spacial score (nSPS) is 15.6. The van der Waals surface area contributed by atoms with Crippen LogP contribution in [0.25, 0.3) is 5.69 Å². The van der Waals surface area contributed by atoms with Crippen LogP contribution in [0.3, 0.4) is 0 Å². The molecule has 5 nitrogen and oxygen atoms in total. The molecule has 1 aromatic heterocycles. The highest BCUT2D eigenvalue weighted by molar-refractivity contribution is 5.95. The SMILES string of the molecule is Cc1cnn(-c2ccccc2)c1NC(=O)[C@@H]1Cc2ccccc2O1. The van der Waals surface area contributed by atoms with Gasteiger partial charge in [-0.25, -0.2) is 4.68 Å². The lowest BCUT2D eigenvalue weighted by Crippen LogP contribution is -2.32. The summed E-state index contributed by atoms with van der Waals surface area (Å²) in [6.07, 6.45) is 1.81. The minimum atomic E-state index is -0.513. The number of amides is 1. The summed E-state index contributed by atoms with van der Waals surface area (Å²) in [5.74, 6) is 1.30. The first kappa shape index (κ1) is 14.5. The molecule has 2 heterocycles. The van der Waals surface area contributed by atoms with Crippen molar-refractivity contribution in [3.8, 4) is 11.4 Å². The van der Waals surface area contributed by atoms with E-state index in [9.17, 15) is 4.79 Å². The molecular weight excluding hydrogens is 302 g/mol. The molecule has 0 spiro atoms. The van der Waals surface area contributed by atoms with Gasteiger partial charge in [-0.15, -0.1) is 0 Å². The number of hydrogen-bond donors (Lipinski definition) is 1. The number of hydrogen-bond acceptors (Lipinski definition) is 3. The monoisotopic (exact) mass is 319 g/mol. The number of aromatic nitrogens is 2. The number of benzene rings is 2. The van der Waals surface area contributed by atoms with Crippen LogP contribution >= 0.6 is 0 Å². The van der Waals surface area contributed by atoms with Crippen LogP contribution in [0.2, 0.25) is 0 Å². The molecule has 0 unspecified atom stereocenters. The molecule has 0 radical (unpaired) electrons. The summed E-state index contributed by atoms with van der Waals surface area (Å²) < 4.78 is 7.49. The van der Waals surface area contributed by atoms with Crippen LogP contribution in [0.15, 0.2) is 60.8 Å². The van der Waals surface area contributed by atoms with E-state index in [2.05, 4.69) is 10.4 Å². The Morgan fingerprint density at radius 3 is 2.71 bits per heavy atom. The number of aryl methyl sites for hydroxylation is 1. The highest BCUT2D eigenvalue weighted by atomic mass is 16.5. The molecule has 0 fully saturated rings. The lowest BCUT2D eigenvalue weighted by molar-refractivity contribution is -0.122. The first-order valence-corrected chi connectivity index (χ1v) is 7.88. The second kappa shape index (κ2) is 5.85. The molecule has 1 aliphatic heterocycles. The first-order chi connectivity index (χ1) is 11.7. The van der Waals surface area contributed by atoms with Gasteiger partial charge in [-0.05, 0) is 30.7 Å². The molecule has 120 valence electrons. The van der Waals surface area contributed by atoms with Gasteiger partial charge >= 0.3 is 0 Å². The number of nitrogens with zero attached hydrogens (tertiary/aromatic N) is 2. The molecule has 1 atom stereocenters. The second-order valence-electron chi connectivity index (χ2n) is 5.83. The molecule has 0 aliphatic carbocycles. The number of anilines is 1. The van der Waals surface area contributed by atoms with Gasteiger partial charge in [-0.2, -0.15) is 5.10 Å². The largest absolute Gasteiger partial charge is 0.480 e. The molecule has 4 rings (SSSR count). The number of para-hydroxylation sites is 2. The molecule has 0 saturated carbocycles. The predicted molar refractivity (Wildman–Crippen MR) is 91.5 cm³/mol. The maximum Gasteiger partial charge on any atom is 0.266 e. The van der Waals surface area contributed by atoms with E-state index in [1.807, 2.05) is 61.5 Å². The third-order valence-corrected chi connectivity index (χ3v) is 4.13. The van der Waals surface area contributed by atoms with Gasteiger partial charge in [0.1, 0.15) is 11.6 Å². The van der Waals surface area contributed by atoms with Gasteiger partial charge in [0.05, 0.1) is 11.9 Å². The average Bonchev–Trinajstić information content (AvgIpc) is 3.20. The third-order valence-electron chi connectivity index (χ3n) is 4.13. The number of rotatable bonds is 3. The van der Waals surface area contributed by atoms with E-state index in [1.54, 1.807) is 10.9 Å². The zero-order valence-electron chi connectivity index (χ0n) is 13.3. The van der Waals surface area contributed by atoms with Crippen LogP contribution in [-0.4, -0.2) is 21.8 Å².